The van der Waals surface area contributed by atoms with Crippen LogP contribution in [0.4, 0.5) is 5.82 Å². The van der Waals surface area contributed by atoms with Crippen LogP contribution in [0.5, 0.6) is 11.6 Å². The zero-order valence-corrected chi connectivity index (χ0v) is 19.4. The molecule has 1 amide bonds. The number of pyridine rings is 1. The molecule has 8 nitrogen and oxygen atoms in total. The maximum absolute atomic E-state index is 12.3. The molecular formula is C23H28ClN5O3. The van der Waals surface area contributed by atoms with E-state index < -0.39 is 5.91 Å². The fraction of sp³-hybridized carbons (Fsp3) is 0.391. The highest BCUT2D eigenvalue weighted by Crippen LogP contribution is 2.40. The molecule has 2 heterocycles. The number of primary amides is 1. The van der Waals surface area contributed by atoms with Gasteiger partial charge in [0.05, 0.1) is 16.8 Å². The van der Waals surface area contributed by atoms with Crippen LogP contribution < -0.4 is 21.5 Å². The van der Waals surface area contributed by atoms with Crippen molar-refractivity contribution in [3.8, 4) is 17.3 Å². The van der Waals surface area contributed by atoms with Crippen LogP contribution in [0.15, 0.2) is 12.1 Å². The number of phenols is 1. The smallest absolute Gasteiger partial charge is 0.253 e. The average molecular weight is 458 g/mol. The molecule has 1 aliphatic carbocycles. The summed E-state index contributed by atoms with van der Waals surface area (Å²) in [6, 6.07) is 3.29. The highest BCUT2D eigenvalue weighted by Gasteiger charge is 2.36. The molecule has 0 radical (unpaired) electrons. The molecule has 0 atom stereocenters. The van der Waals surface area contributed by atoms with Gasteiger partial charge in [0.2, 0.25) is 5.88 Å². The third-order valence-corrected chi connectivity index (χ3v) is 7.03. The standard InChI is InChI=1S/C23H28ClN5O3/c1-11-8-14-17(20(26)31)19(25)29(18-12(2)15(24)9-16(30)13(18)3)21(14)28-22(11)32-10-23(27-4)6-5-7-23/h8-9,27,30H,5-7,10,25H2,1-4H3,(H2,26,31). The number of nitrogen functional groups attached to an aromatic ring is 1. The molecular weight excluding hydrogens is 430 g/mol. The van der Waals surface area contributed by atoms with Crippen molar-refractivity contribution in [3.05, 3.63) is 39.4 Å². The lowest BCUT2D eigenvalue weighted by molar-refractivity contribution is 0.100. The van der Waals surface area contributed by atoms with Gasteiger partial charge >= 0.3 is 0 Å². The predicted molar refractivity (Wildman–Crippen MR) is 126 cm³/mol. The Morgan fingerprint density at radius 1 is 1.31 bits per heavy atom. The molecule has 1 aliphatic rings. The number of aromatic nitrogens is 2. The fourth-order valence-corrected chi connectivity index (χ4v) is 4.59. The number of nitrogens with zero attached hydrogens (tertiary/aromatic N) is 2. The molecule has 0 spiro atoms. The van der Waals surface area contributed by atoms with Gasteiger partial charge in [-0.15, -0.1) is 0 Å². The lowest BCUT2D eigenvalue weighted by atomic mass is 9.77. The van der Waals surface area contributed by atoms with Crippen molar-refractivity contribution in [2.24, 2.45) is 5.73 Å². The molecule has 0 aliphatic heterocycles. The van der Waals surface area contributed by atoms with Gasteiger partial charge in [0.25, 0.3) is 5.91 Å². The maximum atomic E-state index is 12.3. The first kappa shape index (κ1) is 22.2. The average Bonchev–Trinajstić information content (AvgIpc) is 2.97. The Morgan fingerprint density at radius 3 is 2.56 bits per heavy atom. The van der Waals surface area contributed by atoms with Crippen LogP contribution >= 0.6 is 11.6 Å². The van der Waals surface area contributed by atoms with E-state index in [4.69, 9.17) is 32.8 Å². The Labute approximate surface area is 191 Å². The quantitative estimate of drug-likeness (QED) is 0.448. The van der Waals surface area contributed by atoms with Crippen molar-refractivity contribution in [1.82, 2.24) is 14.9 Å². The molecule has 32 heavy (non-hydrogen) atoms. The Kier molecular flexibility index (Phi) is 5.46. The molecule has 1 fully saturated rings. The first-order valence-corrected chi connectivity index (χ1v) is 10.9. The monoisotopic (exact) mass is 457 g/mol. The summed E-state index contributed by atoms with van der Waals surface area (Å²) in [4.78, 5) is 17.1. The van der Waals surface area contributed by atoms with Gasteiger partial charge in [0, 0.05) is 21.5 Å². The minimum Gasteiger partial charge on any atom is -0.508 e. The van der Waals surface area contributed by atoms with Gasteiger partial charge in [0.1, 0.15) is 18.2 Å². The summed E-state index contributed by atoms with van der Waals surface area (Å²) in [5.74, 6) is -0.0567. The number of likely N-dealkylation sites (N-methyl/N-ethyl adjacent to an activating group) is 1. The summed E-state index contributed by atoms with van der Waals surface area (Å²) < 4.78 is 7.75. The molecule has 3 aromatic rings. The Hall–Kier alpha value is -2.97. The van der Waals surface area contributed by atoms with E-state index in [9.17, 15) is 9.90 Å². The topological polar surface area (TPSA) is 128 Å². The second-order valence-electron chi connectivity index (χ2n) is 8.59. The second-order valence-corrected chi connectivity index (χ2v) is 9.00. The number of fused-ring (bicyclic) bond motifs is 1. The van der Waals surface area contributed by atoms with Gasteiger partial charge in [-0.2, -0.15) is 4.98 Å². The summed E-state index contributed by atoms with van der Waals surface area (Å²) in [6.07, 6.45) is 3.24. The third-order valence-electron chi connectivity index (χ3n) is 6.64. The predicted octanol–water partition coefficient (Wildman–Crippen LogP) is 3.51. The largest absolute Gasteiger partial charge is 0.508 e. The third kappa shape index (κ3) is 3.34. The number of anilines is 1. The summed E-state index contributed by atoms with van der Waals surface area (Å²) in [5.41, 5.74) is 15.2. The number of nitrogens with two attached hydrogens (primary N) is 2. The van der Waals surface area contributed by atoms with Crippen molar-refractivity contribution in [1.29, 1.82) is 0 Å². The Morgan fingerprint density at radius 2 is 2.00 bits per heavy atom. The van der Waals surface area contributed by atoms with Gasteiger partial charge in [-0.05, 0) is 64.8 Å². The molecule has 0 unspecified atom stereocenters. The highest BCUT2D eigenvalue weighted by atomic mass is 35.5. The molecule has 0 bridgehead atoms. The maximum Gasteiger partial charge on any atom is 0.253 e. The van der Waals surface area contributed by atoms with Crippen LogP contribution in [0.3, 0.4) is 0 Å². The minimum absolute atomic E-state index is 0.0157. The number of hydrogen-bond acceptors (Lipinski definition) is 6. The van der Waals surface area contributed by atoms with E-state index in [1.165, 1.54) is 6.07 Å². The Bertz CT molecular complexity index is 1220. The number of carbonyl (C=O) groups excluding carboxylic acids is 1. The minimum atomic E-state index is -0.661. The number of halogens is 1. The number of aromatic hydroxyl groups is 1. The molecule has 1 saturated carbocycles. The van der Waals surface area contributed by atoms with E-state index in [-0.39, 0.29) is 22.7 Å². The molecule has 1 aromatic carbocycles. The summed E-state index contributed by atoms with van der Waals surface area (Å²) in [6.45, 7) is 5.92. The van der Waals surface area contributed by atoms with Crippen LogP contribution in [0.1, 0.15) is 46.3 Å². The van der Waals surface area contributed by atoms with Crippen molar-refractivity contribution >= 4 is 34.4 Å². The molecule has 0 saturated heterocycles. The van der Waals surface area contributed by atoms with Gasteiger partial charge in [0.15, 0.2) is 5.65 Å². The van der Waals surface area contributed by atoms with E-state index >= 15 is 0 Å². The normalized spacial score (nSPS) is 15.0. The number of rotatable bonds is 6. The van der Waals surface area contributed by atoms with Gasteiger partial charge < -0.3 is 26.6 Å². The summed E-state index contributed by atoms with van der Waals surface area (Å²) in [7, 11) is 1.94. The summed E-state index contributed by atoms with van der Waals surface area (Å²) >= 11 is 6.35. The van der Waals surface area contributed by atoms with Crippen LogP contribution in [0.2, 0.25) is 5.02 Å². The van der Waals surface area contributed by atoms with E-state index in [0.717, 1.165) is 24.8 Å². The number of aryl methyl sites for hydroxylation is 1. The van der Waals surface area contributed by atoms with Crippen molar-refractivity contribution in [2.75, 3.05) is 19.4 Å². The second kappa shape index (κ2) is 7.86. The zero-order chi connectivity index (χ0) is 23.4. The highest BCUT2D eigenvalue weighted by molar-refractivity contribution is 6.31. The molecule has 2 aromatic heterocycles. The number of ether oxygens (including phenoxy) is 1. The first-order chi connectivity index (χ1) is 15.1. The fourth-order valence-electron chi connectivity index (χ4n) is 4.40. The number of carbonyl (C=O) groups is 1. The molecule has 6 N–H and O–H groups in total. The number of hydrogen-bond donors (Lipinski definition) is 4. The van der Waals surface area contributed by atoms with Gasteiger partial charge in [-0.3, -0.25) is 9.36 Å². The summed E-state index contributed by atoms with van der Waals surface area (Å²) in [5, 5.41) is 14.6. The lowest BCUT2D eigenvalue weighted by Gasteiger charge is -2.41. The lowest BCUT2D eigenvalue weighted by Crippen LogP contribution is -2.53. The van der Waals surface area contributed by atoms with E-state index in [2.05, 4.69) is 5.32 Å². The van der Waals surface area contributed by atoms with Crippen molar-refractivity contribution in [3.63, 3.8) is 0 Å². The van der Waals surface area contributed by atoms with Crippen molar-refractivity contribution < 1.29 is 14.6 Å². The van der Waals surface area contributed by atoms with Gasteiger partial charge in [-0.1, -0.05) is 11.6 Å². The van der Waals surface area contributed by atoms with E-state index in [1.807, 2.05) is 27.0 Å². The van der Waals surface area contributed by atoms with Crippen LogP contribution in [-0.2, 0) is 0 Å². The van der Waals surface area contributed by atoms with Crippen LogP contribution in [-0.4, -0.2) is 39.8 Å². The SMILES string of the molecule is CNC1(COc2nc3c(cc2C)c(C(N)=O)c(N)n3-c2c(C)c(O)cc(Cl)c2C)CCC1. The Balaban J connectivity index is 1.95. The molecule has 170 valence electrons. The number of phenolic OH excluding ortho intramolecular Hbond substituents is 1. The van der Waals surface area contributed by atoms with E-state index in [1.54, 1.807) is 11.5 Å². The number of amides is 1. The number of benzene rings is 1. The first-order valence-electron chi connectivity index (χ1n) is 10.5. The van der Waals surface area contributed by atoms with Gasteiger partial charge in [-0.25, -0.2) is 0 Å². The molecule has 9 heteroatoms. The zero-order valence-electron chi connectivity index (χ0n) is 18.7. The number of nitrogens with one attached hydrogen (secondary N) is 1. The van der Waals surface area contributed by atoms with E-state index in [0.29, 0.717) is 45.4 Å². The molecule has 4 rings (SSSR count). The van der Waals surface area contributed by atoms with Crippen LogP contribution in [0, 0.1) is 20.8 Å². The van der Waals surface area contributed by atoms with Crippen LogP contribution in [0.25, 0.3) is 16.7 Å². The van der Waals surface area contributed by atoms with Crippen molar-refractivity contribution in [2.45, 2.75) is 45.6 Å².